The molecule has 0 amide bonds. The zero-order chi connectivity index (χ0) is 11.8. The van der Waals surface area contributed by atoms with Crippen LogP contribution in [-0.2, 0) is 4.74 Å². The molecule has 1 aliphatic heterocycles. The molecule has 3 N–H and O–H groups in total. The molecule has 0 bridgehead atoms. The predicted molar refractivity (Wildman–Crippen MR) is 56.6 cm³/mol. The highest BCUT2D eigenvalue weighted by Gasteiger charge is 2.25. The van der Waals surface area contributed by atoms with Crippen molar-refractivity contribution in [1.29, 1.82) is 0 Å². The van der Waals surface area contributed by atoms with Gasteiger partial charge in [0.15, 0.2) is 0 Å². The lowest BCUT2D eigenvalue weighted by atomic mass is 10.1. The third-order valence-corrected chi connectivity index (χ3v) is 2.96. The summed E-state index contributed by atoms with van der Waals surface area (Å²) in [5.41, 5.74) is -0.350. The lowest BCUT2D eigenvalue weighted by Crippen LogP contribution is -2.46. The van der Waals surface area contributed by atoms with Gasteiger partial charge in [0.2, 0.25) is 0 Å². The second-order valence-electron chi connectivity index (χ2n) is 4.03. The molecule has 0 aliphatic carbocycles. The van der Waals surface area contributed by atoms with Gasteiger partial charge in [0.05, 0.1) is 0 Å². The van der Waals surface area contributed by atoms with E-state index in [2.05, 4.69) is 20.3 Å². The topological polar surface area (TPSA) is 108 Å². The number of ether oxygens (including phenoxy) is 1. The fourth-order valence-electron chi connectivity index (χ4n) is 2.11. The number of H-pyrrole nitrogens is 3. The second kappa shape index (κ2) is 3.81. The number of rotatable bonds is 1. The van der Waals surface area contributed by atoms with E-state index in [1.165, 1.54) is 0 Å². The monoisotopic (exact) mass is 238 g/mol. The van der Waals surface area contributed by atoms with Crippen molar-refractivity contribution in [2.24, 2.45) is 0 Å². The van der Waals surface area contributed by atoms with Crippen LogP contribution in [0, 0.1) is 0 Å². The largest absolute Gasteiger partial charge is 0.384 e. The van der Waals surface area contributed by atoms with Crippen LogP contribution in [0.5, 0.6) is 0 Å². The van der Waals surface area contributed by atoms with Gasteiger partial charge in [-0.2, -0.15) is 4.68 Å². The Bertz CT molecular complexity index is 648. The van der Waals surface area contributed by atoms with Crippen molar-refractivity contribution >= 4 is 11.2 Å². The van der Waals surface area contributed by atoms with Crippen molar-refractivity contribution in [3.05, 3.63) is 20.8 Å². The quantitative estimate of drug-likeness (QED) is 0.530. The number of fused-ring (bicyclic) bond motifs is 1. The van der Waals surface area contributed by atoms with E-state index < -0.39 is 11.2 Å². The Hall–Kier alpha value is -1.96. The minimum absolute atomic E-state index is 0.172. The van der Waals surface area contributed by atoms with Gasteiger partial charge in [-0.1, -0.05) is 0 Å². The molecule has 0 radical (unpaired) electrons. The molecule has 1 saturated heterocycles. The Morgan fingerprint density at radius 2 is 2.00 bits per heavy atom. The summed E-state index contributed by atoms with van der Waals surface area (Å²) in [6, 6.07) is 0.172. The van der Waals surface area contributed by atoms with E-state index in [-0.39, 0.29) is 11.6 Å². The highest BCUT2D eigenvalue weighted by molar-refractivity contribution is 5.63. The number of nitrogens with zero attached hydrogens (tertiary/aromatic N) is 2. The Kier molecular flexibility index (Phi) is 2.29. The van der Waals surface area contributed by atoms with Crippen molar-refractivity contribution in [1.82, 2.24) is 20.3 Å². The maximum atomic E-state index is 11.5. The minimum atomic E-state index is -0.523. The first-order valence-corrected chi connectivity index (χ1v) is 5.45. The number of hydrogen-bond acceptors (Lipinski definition) is 4. The molecule has 0 spiro atoms. The van der Waals surface area contributed by atoms with E-state index in [1.807, 2.05) is 0 Å². The van der Waals surface area contributed by atoms with Crippen molar-refractivity contribution in [2.75, 3.05) is 13.2 Å². The van der Waals surface area contributed by atoms with Crippen LogP contribution >= 0.6 is 0 Å². The highest BCUT2D eigenvalue weighted by atomic mass is 16.5. The third kappa shape index (κ3) is 1.66. The summed E-state index contributed by atoms with van der Waals surface area (Å²) in [5, 5.41) is 6.69. The van der Waals surface area contributed by atoms with E-state index in [1.54, 1.807) is 4.68 Å². The molecular weight excluding hydrogens is 226 g/mol. The average molecular weight is 238 g/mol. The van der Waals surface area contributed by atoms with Gasteiger partial charge in [-0.15, -0.1) is 5.21 Å². The van der Waals surface area contributed by atoms with Gasteiger partial charge >= 0.3 is 16.8 Å². The lowest BCUT2D eigenvalue weighted by molar-refractivity contribution is -0.760. The normalized spacial score (nSPS) is 17.6. The molecule has 1 fully saturated rings. The maximum absolute atomic E-state index is 11.5. The number of aromatic nitrogens is 5. The van der Waals surface area contributed by atoms with Crippen LogP contribution in [-0.4, -0.2) is 33.5 Å². The molecule has 17 heavy (non-hydrogen) atoms. The van der Waals surface area contributed by atoms with E-state index in [0.29, 0.717) is 18.9 Å². The maximum Gasteiger partial charge on any atom is 0.384 e. The average Bonchev–Trinajstić information content (AvgIpc) is 2.74. The van der Waals surface area contributed by atoms with Gasteiger partial charge in [-0.05, 0) is 5.10 Å². The van der Waals surface area contributed by atoms with E-state index in [9.17, 15) is 9.59 Å². The molecule has 3 rings (SSSR count). The lowest BCUT2D eigenvalue weighted by Gasteiger charge is -2.19. The SMILES string of the molecule is O=c1[nH]c(=O)c2n[nH][n+](C3CCOCC3)c2[nH]1. The summed E-state index contributed by atoms with van der Waals surface area (Å²) in [4.78, 5) is 27.5. The smallest absolute Gasteiger partial charge is 0.381 e. The van der Waals surface area contributed by atoms with Gasteiger partial charge in [0.1, 0.15) is 6.04 Å². The Labute approximate surface area is 94.6 Å². The number of nitrogens with one attached hydrogen (secondary N) is 3. The molecular formula is C9H12N5O3+. The molecule has 0 aromatic carbocycles. The van der Waals surface area contributed by atoms with E-state index in [0.717, 1.165) is 12.8 Å². The van der Waals surface area contributed by atoms with Gasteiger partial charge in [0.25, 0.3) is 5.65 Å². The first-order chi connectivity index (χ1) is 8.25. The van der Waals surface area contributed by atoms with Crippen molar-refractivity contribution in [3.63, 3.8) is 0 Å². The Morgan fingerprint density at radius 3 is 2.76 bits per heavy atom. The molecule has 0 unspecified atom stereocenters. The molecule has 3 heterocycles. The molecule has 1 aliphatic rings. The van der Waals surface area contributed by atoms with Gasteiger partial charge in [-0.3, -0.25) is 9.78 Å². The van der Waals surface area contributed by atoms with Crippen LogP contribution in [0.2, 0.25) is 0 Å². The van der Waals surface area contributed by atoms with Crippen LogP contribution in [0.15, 0.2) is 9.59 Å². The molecule has 0 atom stereocenters. The van der Waals surface area contributed by atoms with E-state index in [4.69, 9.17) is 4.74 Å². The Balaban J connectivity index is 2.17. The van der Waals surface area contributed by atoms with Crippen LogP contribution < -0.4 is 15.9 Å². The molecule has 8 heteroatoms. The molecule has 2 aromatic rings. The summed E-state index contributed by atoms with van der Waals surface area (Å²) in [5.74, 6) is 0. The van der Waals surface area contributed by atoms with E-state index >= 15 is 0 Å². The van der Waals surface area contributed by atoms with Crippen LogP contribution in [0.1, 0.15) is 18.9 Å². The Morgan fingerprint density at radius 1 is 1.24 bits per heavy atom. The van der Waals surface area contributed by atoms with Crippen LogP contribution in [0.25, 0.3) is 11.2 Å². The van der Waals surface area contributed by atoms with Gasteiger partial charge in [0, 0.05) is 26.1 Å². The van der Waals surface area contributed by atoms with Crippen molar-refractivity contribution in [3.8, 4) is 0 Å². The zero-order valence-corrected chi connectivity index (χ0v) is 9.02. The van der Waals surface area contributed by atoms with Crippen LogP contribution in [0.3, 0.4) is 0 Å². The number of aromatic amines is 3. The summed E-state index contributed by atoms with van der Waals surface area (Å²) >= 11 is 0. The fourth-order valence-corrected chi connectivity index (χ4v) is 2.11. The molecule has 90 valence electrons. The van der Waals surface area contributed by atoms with Crippen LogP contribution in [0.4, 0.5) is 0 Å². The minimum Gasteiger partial charge on any atom is -0.381 e. The van der Waals surface area contributed by atoms with Crippen molar-refractivity contribution in [2.45, 2.75) is 18.9 Å². The standard InChI is InChI=1S/C9H11N5O3/c15-8-6-7(10-9(16)11-8)14(13-12-6)5-1-3-17-4-2-5/h5H,1-4H2,(H2,10,11,13,15,16)/p+1. The first-order valence-electron chi connectivity index (χ1n) is 5.45. The molecule has 0 saturated carbocycles. The van der Waals surface area contributed by atoms with Gasteiger partial charge < -0.3 is 4.74 Å². The summed E-state index contributed by atoms with van der Waals surface area (Å²) in [6.45, 7) is 1.34. The first kappa shape index (κ1) is 10.2. The second-order valence-corrected chi connectivity index (χ2v) is 4.03. The highest BCUT2D eigenvalue weighted by Crippen LogP contribution is 2.14. The van der Waals surface area contributed by atoms with Crippen molar-refractivity contribution < 1.29 is 9.42 Å². The summed E-state index contributed by atoms with van der Waals surface area (Å²) < 4.78 is 7.00. The third-order valence-electron chi connectivity index (χ3n) is 2.96. The summed E-state index contributed by atoms with van der Waals surface area (Å²) in [7, 11) is 0. The number of hydrogen-bond donors (Lipinski definition) is 3. The van der Waals surface area contributed by atoms with Gasteiger partial charge in [-0.25, -0.2) is 9.78 Å². The summed E-state index contributed by atoms with van der Waals surface area (Å²) in [6.07, 6.45) is 1.66. The molecule has 8 nitrogen and oxygen atoms in total. The fraction of sp³-hybridized carbons (Fsp3) is 0.556. The predicted octanol–water partition coefficient (Wildman–Crippen LogP) is -1.42. The molecule has 2 aromatic heterocycles. The zero-order valence-electron chi connectivity index (χ0n) is 9.02.